The minimum atomic E-state index is -3.85. The molecule has 0 spiro atoms. The number of hydrogen-bond acceptors (Lipinski definition) is 4. The molecule has 2 aromatic carbocycles. The Kier molecular flexibility index (Phi) is 8.89. The topological polar surface area (TPSA) is 86.8 Å². The summed E-state index contributed by atoms with van der Waals surface area (Å²) in [6.45, 7) is 3.40. The van der Waals surface area contributed by atoms with E-state index in [1.165, 1.54) is 24.1 Å². The highest BCUT2D eigenvalue weighted by molar-refractivity contribution is 9.10. The molecule has 0 unspecified atom stereocenters. The predicted molar refractivity (Wildman–Crippen MR) is 136 cm³/mol. The largest absolute Gasteiger partial charge is 0.352 e. The van der Waals surface area contributed by atoms with Gasteiger partial charge in [0.25, 0.3) is 0 Å². The van der Waals surface area contributed by atoms with E-state index >= 15 is 0 Å². The average Bonchev–Trinajstić information content (AvgIpc) is 3.31. The highest BCUT2D eigenvalue weighted by atomic mass is 79.9. The van der Waals surface area contributed by atoms with E-state index < -0.39 is 22.0 Å². The van der Waals surface area contributed by atoms with Crippen LogP contribution in [0.25, 0.3) is 0 Å². The normalized spacial score (nSPS) is 15.3. The van der Waals surface area contributed by atoms with Crippen LogP contribution in [0.5, 0.6) is 0 Å². The van der Waals surface area contributed by atoms with Crippen LogP contribution >= 0.6 is 15.9 Å². The van der Waals surface area contributed by atoms with Gasteiger partial charge in [0.15, 0.2) is 0 Å². The molecule has 0 bridgehead atoms. The number of carbonyl (C=O) groups is 2. The maximum Gasteiger partial charge on any atom is 0.243 e. The summed E-state index contributed by atoms with van der Waals surface area (Å²) >= 11 is 3.40. The Morgan fingerprint density at radius 3 is 2.24 bits per heavy atom. The van der Waals surface area contributed by atoms with Crippen molar-refractivity contribution in [2.24, 2.45) is 0 Å². The van der Waals surface area contributed by atoms with Gasteiger partial charge >= 0.3 is 0 Å². The van der Waals surface area contributed by atoms with Gasteiger partial charge in [-0.2, -0.15) is 4.31 Å². The van der Waals surface area contributed by atoms with Crippen molar-refractivity contribution in [2.45, 2.75) is 63.1 Å². The minimum Gasteiger partial charge on any atom is -0.352 e. The summed E-state index contributed by atoms with van der Waals surface area (Å²) in [6, 6.07) is 13.4. The number of amides is 2. The summed E-state index contributed by atoms with van der Waals surface area (Å²) in [4.78, 5) is 27.9. The Morgan fingerprint density at radius 1 is 1.06 bits per heavy atom. The van der Waals surface area contributed by atoms with E-state index in [2.05, 4.69) is 21.2 Å². The van der Waals surface area contributed by atoms with Crippen molar-refractivity contribution in [3.8, 4) is 0 Å². The molecule has 1 N–H and O–H groups in total. The van der Waals surface area contributed by atoms with Crippen LogP contribution in [0.3, 0.4) is 0 Å². The summed E-state index contributed by atoms with van der Waals surface area (Å²) in [7, 11) is -2.47. The van der Waals surface area contributed by atoms with Crippen LogP contribution in [0.1, 0.15) is 43.7 Å². The molecule has 0 aromatic heterocycles. The van der Waals surface area contributed by atoms with Gasteiger partial charge in [-0.05, 0) is 56.5 Å². The zero-order chi connectivity index (χ0) is 24.9. The molecule has 1 saturated carbocycles. The van der Waals surface area contributed by atoms with Crippen molar-refractivity contribution in [3.05, 3.63) is 64.1 Å². The molecule has 1 atom stereocenters. The molecule has 9 heteroatoms. The fourth-order valence-electron chi connectivity index (χ4n) is 4.02. The predicted octanol–water partition coefficient (Wildman–Crippen LogP) is 3.85. The van der Waals surface area contributed by atoms with E-state index in [-0.39, 0.29) is 29.9 Å². The lowest BCUT2D eigenvalue weighted by Crippen LogP contribution is -2.52. The number of rotatable bonds is 9. The average molecular weight is 551 g/mol. The van der Waals surface area contributed by atoms with Gasteiger partial charge in [-0.25, -0.2) is 8.42 Å². The second kappa shape index (κ2) is 11.5. The van der Waals surface area contributed by atoms with E-state index in [0.717, 1.165) is 45.6 Å². The number of nitrogens with zero attached hydrogens (tertiary/aromatic N) is 2. The molecular formula is C25H32BrN3O4S. The summed E-state index contributed by atoms with van der Waals surface area (Å²) in [5, 5.41) is 3.05. The lowest BCUT2D eigenvalue weighted by atomic mass is 10.1. The fraction of sp³-hybridized carbons (Fsp3) is 0.440. The van der Waals surface area contributed by atoms with E-state index in [1.807, 2.05) is 31.2 Å². The smallest absolute Gasteiger partial charge is 0.243 e. The van der Waals surface area contributed by atoms with Gasteiger partial charge in [-0.15, -0.1) is 0 Å². The fourth-order valence-corrected chi connectivity index (χ4v) is 5.40. The standard InChI is InChI=1S/C25H32BrN3O4S/c1-18-8-14-23(15-9-18)34(32,33)28(3)17-24(30)29(16-20-10-12-21(26)13-11-20)19(2)25(31)27-22-6-4-5-7-22/h8-15,19,22H,4-7,16-17H2,1-3H3,(H,27,31)/t19-/m0/s1. The Balaban J connectivity index is 1.78. The first-order valence-corrected chi connectivity index (χ1v) is 13.7. The van der Waals surface area contributed by atoms with Gasteiger partial charge in [0.1, 0.15) is 6.04 Å². The van der Waals surface area contributed by atoms with E-state index in [0.29, 0.717) is 0 Å². The van der Waals surface area contributed by atoms with Crippen molar-refractivity contribution >= 4 is 37.8 Å². The molecule has 2 aromatic rings. The maximum atomic E-state index is 13.4. The number of halogens is 1. The summed E-state index contributed by atoms with van der Waals surface area (Å²) < 4.78 is 27.9. The molecule has 3 rings (SSSR count). The number of nitrogens with one attached hydrogen (secondary N) is 1. The monoisotopic (exact) mass is 549 g/mol. The van der Waals surface area contributed by atoms with Gasteiger partial charge < -0.3 is 10.2 Å². The second-order valence-corrected chi connectivity index (χ2v) is 11.8. The third kappa shape index (κ3) is 6.67. The van der Waals surface area contributed by atoms with Gasteiger partial charge in [0, 0.05) is 24.1 Å². The van der Waals surface area contributed by atoms with Crippen LogP contribution in [-0.2, 0) is 26.2 Å². The molecule has 1 aliphatic rings. The van der Waals surface area contributed by atoms with Gasteiger partial charge in [-0.1, -0.05) is 58.6 Å². The first-order valence-electron chi connectivity index (χ1n) is 11.4. The van der Waals surface area contributed by atoms with E-state index in [4.69, 9.17) is 0 Å². The van der Waals surface area contributed by atoms with Crippen molar-refractivity contribution in [3.63, 3.8) is 0 Å². The van der Waals surface area contributed by atoms with Crippen LogP contribution in [0, 0.1) is 6.92 Å². The van der Waals surface area contributed by atoms with Crippen LogP contribution in [0.2, 0.25) is 0 Å². The Hall–Kier alpha value is -2.23. The summed E-state index contributed by atoms with van der Waals surface area (Å²) in [6.07, 6.45) is 4.05. The van der Waals surface area contributed by atoms with Crippen LogP contribution in [0.15, 0.2) is 57.9 Å². The van der Waals surface area contributed by atoms with Crippen molar-refractivity contribution < 1.29 is 18.0 Å². The number of sulfonamides is 1. The van der Waals surface area contributed by atoms with Gasteiger partial charge in [0.2, 0.25) is 21.8 Å². The van der Waals surface area contributed by atoms with Crippen molar-refractivity contribution in [1.82, 2.24) is 14.5 Å². The molecule has 2 amide bonds. The highest BCUT2D eigenvalue weighted by Gasteiger charge is 2.31. The summed E-state index contributed by atoms with van der Waals surface area (Å²) in [5.74, 6) is -0.656. The third-order valence-corrected chi connectivity index (χ3v) is 8.57. The number of likely N-dealkylation sites (N-methyl/N-ethyl adjacent to an activating group) is 1. The lowest BCUT2D eigenvalue weighted by Gasteiger charge is -2.31. The molecular weight excluding hydrogens is 518 g/mol. The Labute approximate surface area is 210 Å². The maximum absolute atomic E-state index is 13.4. The summed E-state index contributed by atoms with van der Waals surface area (Å²) in [5.41, 5.74) is 1.79. The highest BCUT2D eigenvalue weighted by Crippen LogP contribution is 2.20. The van der Waals surface area contributed by atoms with E-state index in [1.54, 1.807) is 19.1 Å². The SMILES string of the molecule is Cc1ccc(S(=O)(=O)N(C)CC(=O)N(Cc2ccc(Br)cc2)[C@@H](C)C(=O)NC2CCCC2)cc1. The van der Waals surface area contributed by atoms with Crippen molar-refractivity contribution in [2.75, 3.05) is 13.6 Å². The number of benzene rings is 2. The molecule has 0 saturated heterocycles. The Bertz CT molecular complexity index is 1100. The van der Waals surface area contributed by atoms with Crippen LogP contribution in [0.4, 0.5) is 0 Å². The minimum absolute atomic E-state index is 0.125. The third-order valence-electron chi connectivity index (χ3n) is 6.22. The van der Waals surface area contributed by atoms with E-state index in [9.17, 15) is 18.0 Å². The molecule has 34 heavy (non-hydrogen) atoms. The lowest BCUT2D eigenvalue weighted by molar-refractivity contribution is -0.140. The van der Waals surface area contributed by atoms with Gasteiger partial charge in [-0.3, -0.25) is 9.59 Å². The quantitative estimate of drug-likeness (QED) is 0.514. The van der Waals surface area contributed by atoms with Crippen molar-refractivity contribution in [1.29, 1.82) is 0 Å². The molecule has 0 radical (unpaired) electrons. The number of carbonyl (C=O) groups excluding carboxylic acids is 2. The molecule has 0 aliphatic heterocycles. The van der Waals surface area contributed by atoms with Crippen LogP contribution in [-0.4, -0.2) is 55.1 Å². The zero-order valence-corrected chi connectivity index (χ0v) is 22.2. The molecule has 1 fully saturated rings. The van der Waals surface area contributed by atoms with Gasteiger partial charge in [0.05, 0.1) is 11.4 Å². The molecule has 1 aliphatic carbocycles. The number of aryl methyl sites for hydroxylation is 1. The first-order chi connectivity index (χ1) is 16.1. The first kappa shape index (κ1) is 26.4. The Morgan fingerprint density at radius 2 is 1.65 bits per heavy atom. The second-order valence-electron chi connectivity index (χ2n) is 8.89. The molecule has 7 nitrogen and oxygen atoms in total. The molecule has 0 heterocycles. The number of hydrogen-bond donors (Lipinski definition) is 1. The zero-order valence-electron chi connectivity index (χ0n) is 19.8. The van der Waals surface area contributed by atoms with Crippen LogP contribution < -0.4 is 5.32 Å². The molecule has 184 valence electrons.